The number of methoxy groups -OCH3 is 1. The second-order valence-electron chi connectivity index (χ2n) is 5.72. The molecule has 1 aliphatic rings. The number of benzene rings is 1. The van der Waals surface area contributed by atoms with Gasteiger partial charge in [-0.15, -0.1) is 0 Å². The Bertz CT molecular complexity index is 495. The molecule has 122 valence electrons. The highest BCUT2D eigenvalue weighted by molar-refractivity contribution is 7.99. The lowest BCUT2D eigenvalue weighted by Gasteiger charge is -2.25. The van der Waals surface area contributed by atoms with Crippen LogP contribution in [0.15, 0.2) is 24.3 Å². The molecule has 0 heterocycles. The zero-order chi connectivity index (χ0) is 15.9. The van der Waals surface area contributed by atoms with Crippen LogP contribution in [0, 0.1) is 0 Å². The molecular formula is C17H26N2O2S. The Labute approximate surface area is 137 Å². The molecule has 5 heteroatoms. The third-order valence-corrected chi connectivity index (χ3v) is 5.35. The Hall–Kier alpha value is -1.20. The van der Waals surface area contributed by atoms with Gasteiger partial charge in [-0.3, -0.25) is 0 Å². The van der Waals surface area contributed by atoms with E-state index in [-0.39, 0.29) is 6.03 Å². The van der Waals surface area contributed by atoms with E-state index < -0.39 is 0 Å². The molecule has 0 saturated heterocycles. The normalized spacial score (nSPS) is 20.9. The standard InChI is InChI=1S/C17H26N2O2S/c1-4-22-16-9-8-15(11-16)19(2)17(20)18-14-7-5-6-13(10-14)12-21-3/h5-7,10,15-16H,4,8-9,11-12H2,1-3H3,(H,18,20)/t15-,16-/m1/s1. The number of nitrogens with zero attached hydrogens (tertiary/aromatic N) is 1. The van der Waals surface area contributed by atoms with Crippen molar-refractivity contribution < 1.29 is 9.53 Å². The lowest BCUT2D eigenvalue weighted by Crippen LogP contribution is -2.38. The fourth-order valence-corrected chi connectivity index (χ4v) is 4.07. The van der Waals surface area contributed by atoms with Crippen LogP contribution in [0.3, 0.4) is 0 Å². The van der Waals surface area contributed by atoms with Crippen molar-refractivity contribution in [1.82, 2.24) is 4.90 Å². The van der Waals surface area contributed by atoms with E-state index in [4.69, 9.17) is 4.74 Å². The molecule has 0 bridgehead atoms. The molecule has 1 saturated carbocycles. The summed E-state index contributed by atoms with van der Waals surface area (Å²) in [6.07, 6.45) is 3.42. The van der Waals surface area contributed by atoms with Crippen LogP contribution < -0.4 is 5.32 Å². The van der Waals surface area contributed by atoms with Crippen molar-refractivity contribution in [2.45, 2.75) is 44.1 Å². The van der Waals surface area contributed by atoms with Gasteiger partial charge in [-0.05, 0) is 42.7 Å². The lowest BCUT2D eigenvalue weighted by atomic mass is 10.2. The fraction of sp³-hybridized carbons (Fsp3) is 0.588. The highest BCUT2D eigenvalue weighted by Gasteiger charge is 2.29. The topological polar surface area (TPSA) is 41.6 Å². The monoisotopic (exact) mass is 322 g/mol. The summed E-state index contributed by atoms with van der Waals surface area (Å²) in [5.74, 6) is 1.15. The summed E-state index contributed by atoms with van der Waals surface area (Å²) in [4.78, 5) is 14.3. The molecule has 0 aliphatic heterocycles. The van der Waals surface area contributed by atoms with E-state index in [9.17, 15) is 4.79 Å². The van der Waals surface area contributed by atoms with Crippen molar-refractivity contribution in [1.29, 1.82) is 0 Å². The number of hydrogen-bond acceptors (Lipinski definition) is 3. The number of hydrogen-bond donors (Lipinski definition) is 1. The highest BCUT2D eigenvalue weighted by Crippen LogP contribution is 2.32. The number of rotatable bonds is 6. The molecule has 1 aromatic rings. The van der Waals surface area contributed by atoms with E-state index in [1.807, 2.05) is 48.0 Å². The van der Waals surface area contributed by atoms with Crippen LogP contribution in [0.1, 0.15) is 31.7 Å². The van der Waals surface area contributed by atoms with Crippen LogP contribution in [0.25, 0.3) is 0 Å². The van der Waals surface area contributed by atoms with E-state index in [0.29, 0.717) is 17.9 Å². The predicted octanol–water partition coefficient (Wildman–Crippen LogP) is 3.97. The van der Waals surface area contributed by atoms with E-state index in [1.54, 1.807) is 7.11 Å². The van der Waals surface area contributed by atoms with E-state index >= 15 is 0 Å². The van der Waals surface area contributed by atoms with Gasteiger partial charge in [0.2, 0.25) is 0 Å². The summed E-state index contributed by atoms with van der Waals surface area (Å²) in [5, 5.41) is 3.69. The number of ether oxygens (including phenoxy) is 1. The van der Waals surface area contributed by atoms with Gasteiger partial charge in [0.25, 0.3) is 0 Å². The van der Waals surface area contributed by atoms with Gasteiger partial charge in [-0.1, -0.05) is 19.1 Å². The van der Waals surface area contributed by atoms with Gasteiger partial charge in [-0.25, -0.2) is 4.79 Å². The van der Waals surface area contributed by atoms with Crippen molar-refractivity contribution in [2.24, 2.45) is 0 Å². The first-order valence-electron chi connectivity index (χ1n) is 7.87. The summed E-state index contributed by atoms with van der Waals surface area (Å²) in [7, 11) is 3.57. The maximum absolute atomic E-state index is 12.4. The summed E-state index contributed by atoms with van der Waals surface area (Å²) >= 11 is 2.01. The minimum Gasteiger partial charge on any atom is -0.380 e. The minimum absolute atomic E-state index is 0.0262. The zero-order valence-corrected chi connectivity index (χ0v) is 14.5. The van der Waals surface area contributed by atoms with Crippen LogP contribution in [-0.2, 0) is 11.3 Å². The van der Waals surface area contributed by atoms with Gasteiger partial charge in [0.1, 0.15) is 0 Å². The molecule has 0 aromatic heterocycles. The third kappa shape index (κ3) is 4.65. The molecule has 2 amide bonds. The SMILES string of the molecule is CCS[C@@H]1CC[C@@H](N(C)C(=O)Nc2cccc(COC)c2)C1. The number of nitrogens with one attached hydrogen (secondary N) is 1. The van der Waals surface area contributed by atoms with E-state index in [0.717, 1.165) is 29.8 Å². The predicted molar refractivity (Wildman–Crippen MR) is 93.5 cm³/mol. The summed E-state index contributed by atoms with van der Waals surface area (Å²) in [6, 6.07) is 8.13. The maximum Gasteiger partial charge on any atom is 0.321 e. The van der Waals surface area contributed by atoms with Crippen LogP contribution >= 0.6 is 11.8 Å². The van der Waals surface area contributed by atoms with Gasteiger partial charge in [0, 0.05) is 31.1 Å². The quantitative estimate of drug-likeness (QED) is 0.861. The second kappa shape index (κ2) is 8.44. The molecule has 22 heavy (non-hydrogen) atoms. The molecule has 1 aromatic carbocycles. The molecule has 0 radical (unpaired) electrons. The Morgan fingerprint density at radius 3 is 3.00 bits per heavy atom. The Balaban J connectivity index is 1.90. The molecule has 2 atom stereocenters. The summed E-state index contributed by atoms with van der Waals surface area (Å²) in [5.41, 5.74) is 1.88. The van der Waals surface area contributed by atoms with Crippen molar-refractivity contribution in [3.63, 3.8) is 0 Å². The number of thioether (sulfide) groups is 1. The van der Waals surface area contributed by atoms with Gasteiger partial charge in [-0.2, -0.15) is 11.8 Å². The molecule has 2 rings (SSSR count). The average molecular weight is 322 g/mol. The van der Waals surface area contributed by atoms with E-state index in [2.05, 4.69) is 12.2 Å². The second-order valence-corrected chi connectivity index (χ2v) is 7.30. The van der Waals surface area contributed by atoms with Crippen LogP contribution in [-0.4, -0.2) is 42.1 Å². The minimum atomic E-state index is -0.0262. The first-order chi connectivity index (χ1) is 10.6. The average Bonchev–Trinajstić information content (AvgIpc) is 2.96. The van der Waals surface area contributed by atoms with Crippen molar-refractivity contribution in [3.05, 3.63) is 29.8 Å². The molecule has 4 nitrogen and oxygen atoms in total. The van der Waals surface area contributed by atoms with Crippen LogP contribution in [0.4, 0.5) is 10.5 Å². The fourth-order valence-electron chi connectivity index (χ4n) is 2.94. The number of anilines is 1. The molecule has 0 unspecified atom stereocenters. The lowest BCUT2D eigenvalue weighted by molar-refractivity contribution is 0.185. The van der Waals surface area contributed by atoms with Crippen molar-refractivity contribution >= 4 is 23.5 Å². The van der Waals surface area contributed by atoms with Gasteiger partial charge in [0.15, 0.2) is 0 Å². The van der Waals surface area contributed by atoms with Gasteiger partial charge < -0.3 is 15.0 Å². The number of amides is 2. The molecule has 1 aliphatic carbocycles. The Morgan fingerprint density at radius 2 is 2.27 bits per heavy atom. The first-order valence-corrected chi connectivity index (χ1v) is 8.92. The summed E-state index contributed by atoms with van der Waals surface area (Å²) < 4.78 is 5.13. The van der Waals surface area contributed by atoms with Crippen molar-refractivity contribution in [3.8, 4) is 0 Å². The van der Waals surface area contributed by atoms with Gasteiger partial charge >= 0.3 is 6.03 Å². The Morgan fingerprint density at radius 1 is 1.45 bits per heavy atom. The van der Waals surface area contributed by atoms with Crippen LogP contribution in [0.5, 0.6) is 0 Å². The zero-order valence-electron chi connectivity index (χ0n) is 13.7. The molecular weight excluding hydrogens is 296 g/mol. The number of carbonyl (C=O) groups is 1. The van der Waals surface area contributed by atoms with Crippen molar-refractivity contribution in [2.75, 3.05) is 25.2 Å². The number of urea groups is 1. The maximum atomic E-state index is 12.4. The van der Waals surface area contributed by atoms with Crippen LogP contribution in [0.2, 0.25) is 0 Å². The smallest absolute Gasteiger partial charge is 0.321 e. The number of carbonyl (C=O) groups excluding carboxylic acids is 1. The molecule has 1 N–H and O–H groups in total. The Kier molecular flexibility index (Phi) is 6.58. The van der Waals surface area contributed by atoms with E-state index in [1.165, 1.54) is 6.42 Å². The third-order valence-electron chi connectivity index (χ3n) is 4.12. The molecule has 0 spiro atoms. The van der Waals surface area contributed by atoms with Gasteiger partial charge in [0.05, 0.1) is 6.61 Å². The first kappa shape index (κ1) is 17.2. The highest BCUT2D eigenvalue weighted by atomic mass is 32.2. The molecule has 1 fully saturated rings. The summed E-state index contributed by atoms with van der Waals surface area (Å²) in [6.45, 7) is 2.75. The largest absolute Gasteiger partial charge is 0.380 e.